The lowest BCUT2D eigenvalue weighted by atomic mass is 9.78. The molecule has 1 aromatic heterocycles. The van der Waals surface area contributed by atoms with Crippen LogP contribution in [-0.2, 0) is 24.7 Å². The number of unbranched alkanes of at least 4 members (excludes halogenated alkanes) is 2. The minimum absolute atomic E-state index is 0.0806. The highest BCUT2D eigenvalue weighted by Gasteiger charge is 2.30. The third-order valence-electron chi connectivity index (χ3n) is 5.69. The highest BCUT2D eigenvalue weighted by molar-refractivity contribution is 6.49. The van der Waals surface area contributed by atoms with Gasteiger partial charge in [-0.2, -0.15) is 0 Å². The maximum atomic E-state index is 12.7. The van der Waals surface area contributed by atoms with E-state index in [1.165, 1.54) is 29.5 Å². The molecule has 0 atom stereocenters. The summed E-state index contributed by atoms with van der Waals surface area (Å²) in [6.07, 6.45) is 8.53. The van der Waals surface area contributed by atoms with Crippen molar-refractivity contribution in [1.29, 1.82) is 0 Å². The van der Waals surface area contributed by atoms with Crippen molar-refractivity contribution in [3.63, 3.8) is 0 Å². The van der Waals surface area contributed by atoms with E-state index in [1.807, 2.05) is 0 Å². The van der Waals surface area contributed by atoms with Gasteiger partial charge in [0.1, 0.15) is 11.3 Å². The summed E-state index contributed by atoms with van der Waals surface area (Å²) in [5.41, 5.74) is 5.13. The molecule has 0 N–H and O–H groups in total. The van der Waals surface area contributed by atoms with Gasteiger partial charge < -0.3 is 8.84 Å². The van der Waals surface area contributed by atoms with Gasteiger partial charge in [0.05, 0.1) is 0 Å². The van der Waals surface area contributed by atoms with Gasteiger partial charge in [-0.1, -0.05) is 40.5 Å². The first-order valence-corrected chi connectivity index (χ1v) is 13.8. The summed E-state index contributed by atoms with van der Waals surface area (Å²) >= 11 is 0. The van der Waals surface area contributed by atoms with Crippen LogP contribution in [0.15, 0.2) is 15.3 Å². The van der Waals surface area contributed by atoms with Crippen molar-refractivity contribution in [2.24, 2.45) is 0 Å². The molecule has 0 fully saturated rings. The fourth-order valence-electron chi connectivity index (χ4n) is 4.48. The molecular formula is C24H36O3Si. The molecule has 3 rings (SSSR count). The van der Waals surface area contributed by atoms with Crippen LogP contribution in [0.5, 0.6) is 5.75 Å². The summed E-state index contributed by atoms with van der Waals surface area (Å²) in [7, 11) is -1.28. The first-order valence-electron chi connectivity index (χ1n) is 11.1. The quantitative estimate of drug-likeness (QED) is 0.336. The number of aryl methyl sites for hydroxylation is 2. The Hall–Kier alpha value is -1.55. The third-order valence-corrected chi connectivity index (χ3v) is 6.40. The van der Waals surface area contributed by atoms with Gasteiger partial charge in [-0.15, -0.1) is 0 Å². The Morgan fingerprint density at radius 3 is 2.39 bits per heavy atom. The Balaban J connectivity index is 2.36. The minimum Gasteiger partial charge on any atom is -0.547 e. The minimum atomic E-state index is -1.28. The molecule has 0 radical (unpaired) electrons. The van der Waals surface area contributed by atoms with E-state index < -0.39 is 9.04 Å². The highest BCUT2D eigenvalue weighted by Crippen LogP contribution is 2.43. The zero-order valence-electron chi connectivity index (χ0n) is 18.5. The smallest absolute Gasteiger partial charge is 0.339 e. The Bertz CT molecular complexity index is 903. The van der Waals surface area contributed by atoms with E-state index in [9.17, 15) is 4.79 Å². The van der Waals surface area contributed by atoms with Crippen LogP contribution in [0.4, 0.5) is 0 Å². The van der Waals surface area contributed by atoms with Gasteiger partial charge in [0.25, 0.3) is 0 Å². The largest absolute Gasteiger partial charge is 0.547 e. The summed E-state index contributed by atoms with van der Waals surface area (Å²) in [5, 5.41) is 1.16. The van der Waals surface area contributed by atoms with Gasteiger partial charge in [0, 0.05) is 16.5 Å². The number of rotatable bonds is 6. The predicted octanol–water partition coefficient (Wildman–Crippen LogP) is 6.06. The van der Waals surface area contributed by atoms with Gasteiger partial charge in [-0.05, 0) is 74.2 Å². The van der Waals surface area contributed by atoms with Crippen LogP contribution in [0.1, 0.15) is 82.1 Å². The average molecular weight is 401 g/mol. The van der Waals surface area contributed by atoms with Crippen molar-refractivity contribution in [2.75, 3.05) is 0 Å². The molecule has 0 saturated carbocycles. The lowest BCUT2D eigenvalue weighted by Gasteiger charge is -2.30. The molecule has 0 amide bonds. The molecule has 1 aliphatic rings. The zero-order valence-corrected chi connectivity index (χ0v) is 19.7. The molecular weight excluding hydrogens is 364 g/mol. The summed E-state index contributed by atoms with van der Waals surface area (Å²) in [4.78, 5) is 12.7. The number of hydrogen-bond acceptors (Lipinski definition) is 3. The Morgan fingerprint density at radius 2 is 1.79 bits per heavy atom. The van der Waals surface area contributed by atoms with Crippen LogP contribution in [0, 0.1) is 0 Å². The van der Waals surface area contributed by atoms with Gasteiger partial charge in [0.15, 0.2) is 0 Å². The molecule has 0 bridgehead atoms. The second kappa shape index (κ2) is 8.44. The van der Waals surface area contributed by atoms with Crippen LogP contribution < -0.4 is 10.1 Å². The van der Waals surface area contributed by atoms with Gasteiger partial charge in [0.2, 0.25) is 9.04 Å². The number of hydrogen-bond donors (Lipinski definition) is 0. The lowest BCUT2D eigenvalue weighted by molar-refractivity contribution is 0.504. The second-order valence-electron chi connectivity index (χ2n) is 9.54. The molecule has 1 heterocycles. The van der Waals surface area contributed by atoms with Gasteiger partial charge in [-0.25, -0.2) is 4.79 Å². The van der Waals surface area contributed by atoms with Crippen molar-refractivity contribution in [3.05, 3.63) is 38.7 Å². The maximum absolute atomic E-state index is 12.7. The second-order valence-corrected chi connectivity index (χ2v) is 11.9. The Kier molecular flexibility index (Phi) is 6.38. The molecule has 4 heteroatoms. The van der Waals surface area contributed by atoms with Crippen molar-refractivity contribution in [1.82, 2.24) is 0 Å². The molecule has 154 valence electrons. The molecule has 1 aliphatic carbocycles. The van der Waals surface area contributed by atoms with Crippen molar-refractivity contribution in [3.8, 4) is 5.75 Å². The first-order chi connectivity index (χ1) is 13.2. The van der Waals surface area contributed by atoms with Crippen LogP contribution in [0.25, 0.3) is 11.0 Å². The lowest BCUT2D eigenvalue weighted by Crippen LogP contribution is -2.23. The standard InChI is InChI=1S/C24H36O3Si/c1-7-8-9-12-16-15-19-20(17-13-10-11-14-18(17)23(25)26-19)21(24(2,3)4)22(16)27-28(5)6/h15,28H,7-14H2,1-6H3. The Morgan fingerprint density at radius 1 is 1.11 bits per heavy atom. The molecule has 0 unspecified atom stereocenters. The molecule has 1 aromatic carbocycles. The molecule has 28 heavy (non-hydrogen) atoms. The maximum Gasteiger partial charge on any atom is 0.339 e. The molecule has 2 aromatic rings. The van der Waals surface area contributed by atoms with Gasteiger partial charge >= 0.3 is 5.63 Å². The van der Waals surface area contributed by atoms with Crippen LogP contribution in [0.3, 0.4) is 0 Å². The topological polar surface area (TPSA) is 39.4 Å². The zero-order chi connectivity index (χ0) is 20.5. The van der Waals surface area contributed by atoms with Crippen LogP contribution in [0.2, 0.25) is 13.1 Å². The van der Waals surface area contributed by atoms with E-state index in [-0.39, 0.29) is 11.0 Å². The van der Waals surface area contributed by atoms with Crippen LogP contribution in [-0.4, -0.2) is 9.04 Å². The fourth-order valence-corrected chi connectivity index (χ4v) is 5.22. The van der Waals surface area contributed by atoms with Crippen molar-refractivity contribution in [2.45, 2.75) is 97.6 Å². The third kappa shape index (κ3) is 4.22. The number of fused-ring (bicyclic) bond motifs is 3. The van der Waals surface area contributed by atoms with E-state index in [0.717, 1.165) is 60.8 Å². The van der Waals surface area contributed by atoms with Gasteiger partial charge in [-0.3, -0.25) is 0 Å². The van der Waals surface area contributed by atoms with E-state index >= 15 is 0 Å². The van der Waals surface area contributed by atoms with Crippen LogP contribution >= 0.6 is 0 Å². The monoisotopic (exact) mass is 400 g/mol. The molecule has 0 spiro atoms. The average Bonchev–Trinajstić information content (AvgIpc) is 2.61. The van der Waals surface area contributed by atoms with Crippen molar-refractivity contribution >= 4 is 20.0 Å². The molecule has 3 nitrogen and oxygen atoms in total. The van der Waals surface area contributed by atoms with E-state index in [2.05, 4.69) is 46.9 Å². The molecule has 0 saturated heterocycles. The molecule has 0 aliphatic heterocycles. The highest BCUT2D eigenvalue weighted by atomic mass is 28.3. The summed E-state index contributed by atoms with van der Waals surface area (Å²) in [5.74, 6) is 1.08. The summed E-state index contributed by atoms with van der Waals surface area (Å²) in [6, 6.07) is 2.11. The van der Waals surface area contributed by atoms with E-state index in [1.54, 1.807) is 0 Å². The number of benzene rings is 1. The SMILES string of the molecule is CCCCCc1cc2oc(=O)c3c(c2c(C(C)(C)C)c1O[SiH](C)C)CCCC3. The van der Waals surface area contributed by atoms with E-state index in [0.29, 0.717) is 0 Å². The fraction of sp³-hybridized carbons (Fsp3) is 0.625. The summed E-state index contributed by atoms with van der Waals surface area (Å²) in [6.45, 7) is 13.5. The normalized spacial score (nSPS) is 14.5. The Labute approximate surface area is 171 Å². The first kappa shape index (κ1) is 21.2. The van der Waals surface area contributed by atoms with E-state index in [4.69, 9.17) is 8.84 Å². The summed E-state index contributed by atoms with van der Waals surface area (Å²) < 4.78 is 12.5. The van der Waals surface area contributed by atoms with Crippen molar-refractivity contribution < 1.29 is 8.84 Å². The predicted molar refractivity (Wildman–Crippen MR) is 121 cm³/mol.